The number of benzene rings is 1. The van der Waals surface area contributed by atoms with Gasteiger partial charge in [-0.1, -0.05) is 37.1 Å². The summed E-state index contributed by atoms with van der Waals surface area (Å²) in [7, 11) is 0. The number of ether oxygens (including phenoxy) is 3. The van der Waals surface area contributed by atoms with Crippen molar-refractivity contribution in [1.29, 1.82) is 0 Å². The Balaban J connectivity index is 1.35. The normalized spacial score (nSPS) is 21.5. The lowest BCUT2D eigenvalue weighted by Gasteiger charge is -2.43. The van der Waals surface area contributed by atoms with E-state index in [0.29, 0.717) is 14.8 Å². The largest absolute Gasteiger partial charge is 0.457 e. The molecule has 50 heavy (non-hydrogen) atoms. The van der Waals surface area contributed by atoms with Gasteiger partial charge in [0.05, 0.1) is 26.2 Å². The van der Waals surface area contributed by atoms with Crippen LogP contribution in [-0.2, 0) is 35.2 Å². The van der Waals surface area contributed by atoms with Crippen LogP contribution in [0.2, 0.25) is 0 Å². The summed E-state index contributed by atoms with van der Waals surface area (Å²) in [4.78, 5) is 78.7. The number of nitrogens with one attached hydrogen (secondary N) is 1. The summed E-state index contributed by atoms with van der Waals surface area (Å²) >= 11 is 3.43. The number of anilines is 1. The average molecular weight is 745 g/mol. The molecule has 0 radical (unpaired) electrons. The Morgan fingerprint density at radius 1 is 1.10 bits per heavy atom. The van der Waals surface area contributed by atoms with Gasteiger partial charge in [-0.05, 0) is 43.2 Å². The summed E-state index contributed by atoms with van der Waals surface area (Å²) in [5.41, 5.74) is 0.393. The third-order valence-corrected chi connectivity index (χ3v) is 11.6. The van der Waals surface area contributed by atoms with Crippen molar-refractivity contribution in [3.63, 3.8) is 0 Å². The summed E-state index contributed by atoms with van der Waals surface area (Å²) in [6, 6.07) is 7.46. The molecule has 1 aromatic carbocycles. The number of hydrogen-bond donors (Lipinski definition) is 2. The second-order valence-corrected chi connectivity index (χ2v) is 14.9. The summed E-state index contributed by atoms with van der Waals surface area (Å²) in [6.07, 6.45) is 1.17. The van der Waals surface area contributed by atoms with E-state index in [4.69, 9.17) is 14.2 Å². The third-order valence-electron chi connectivity index (χ3n) is 7.76. The highest BCUT2D eigenvalue weighted by Crippen LogP contribution is 2.55. The van der Waals surface area contributed by atoms with E-state index < -0.39 is 63.5 Å². The first-order valence-electron chi connectivity index (χ1n) is 15.2. The first-order chi connectivity index (χ1) is 23.9. The van der Waals surface area contributed by atoms with Crippen LogP contribution in [0.3, 0.4) is 0 Å². The maximum Gasteiger partial charge on any atom is 0.410 e. The Morgan fingerprint density at radius 3 is 2.42 bits per heavy atom. The highest BCUT2D eigenvalue weighted by molar-refractivity contribution is 8.23. The molecular weight excluding hydrogens is 713 g/mol. The second kappa shape index (κ2) is 15.9. The molecule has 0 bridgehead atoms. The molecule has 3 amide bonds. The number of thiophene rings is 1. The fourth-order valence-corrected chi connectivity index (χ4v) is 9.53. The number of carbonyl (C=O) groups excluding carboxylic acids is 5. The Labute approximate surface area is 298 Å². The van der Waals surface area contributed by atoms with Crippen molar-refractivity contribution in [3.8, 4) is 0 Å². The number of fused-ring (bicyclic) bond motifs is 1. The van der Waals surface area contributed by atoms with Gasteiger partial charge in [-0.2, -0.15) is 0 Å². The van der Waals surface area contributed by atoms with Gasteiger partial charge in [0.15, 0.2) is 5.70 Å². The molecule has 15 nitrogen and oxygen atoms in total. The van der Waals surface area contributed by atoms with E-state index >= 15 is 0 Å². The number of nitro groups is 1. The van der Waals surface area contributed by atoms with Crippen LogP contribution in [-0.4, -0.2) is 92.2 Å². The molecule has 2 N–H and O–H groups in total. The molecule has 5 atom stereocenters. The minimum absolute atomic E-state index is 0.0168. The number of hydrogen-bond acceptors (Lipinski definition) is 14. The summed E-state index contributed by atoms with van der Waals surface area (Å²) < 4.78 is 16.3. The smallest absolute Gasteiger partial charge is 0.410 e. The molecule has 264 valence electrons. The van der Waals surface area contributed by atoms with Crippen LogP contribution < -0.4 is 5.32 Å². The van der Waals surface area contributed by atoms with Gasteiger partial charge in [-0.15, -0.1) is 23.1 Å². The molecule has 1 unspecified atom stereocenters. The number of aliphatic hydroxyl groups is 1. The summed E-state index contributed by atoms with van der Waals surface area (Å²) in [6.45, 7) is 8.28. The maximum absolute atomic E-state index is 13.7. The van der Waals surface area contributed by atoms with Gasteiger partial charge in [0.2, 0.25) is 11.8 Å². The Morgan fingerprint density at radius 2 is 1.78 bits per heavy atom. The number of aliphatic hydroxyl groups excluding tert-OH is 1. The fourth-order valence-electron chi connectivity index (χ4n) is 5.38. The van der Waals surface area contributed by atoms with Gasteiger partial charge in [-0.25, -0.2) is 14.4 Å². The van der Waals surface area contributed by atoms with Crippen LogP contribution in [0.5, 0.6) is 0 Å². The monoisotopic (exact) mass is 744 g/mol. The van der Waals surface area contributed by atoms with Crippen molar-refractivity contribution in [1.82, 2.24) is 9.80 Å². The first-order valence-corrected chi connectivity index (χ1v) is 17.7. The molecule has 2 saturated heterocycles. The van der Waals surface area contributed by atoms with Crippen LogP contribution >= 0.6 is 34.9 Å². The molecule has 3 aliphatic rings. The van der Waals surface area contributed by atoms with Gasteiger partial charge < -0.3 is 24.6 Å². The van der Waals surface area contributed by atoms with Crippen LogP contribution in [0.15, 0.2) is 71.6 Å². The van der Waals surface area contributed by atoms with Gasteiger partial charge in [0.1, 0.15) is 36.1 Å². The summed E-state index contributed by atoms with van der Waals surface area (Å²) in [5.74, 6) is -3.03. The van der Waals surface area contributed by atoms with E-state index in [1.165, 1.54) is 88.8 Å². The number of rotatable bonds is 14. The van der Waals surface area contributed by atoms with Crippen molar-refractivity contribution < 1.29 is 48.2 Å². The number of β-lactam (4-membered cyclic amide) rings is 1. The zero-order valence-corrected chi connectivity index (χ0v) is 29.0. The van der Waals surface area contributed by atoms with E-state index in [-0.39, 0.29) is 49.0 Å². The van der Waals surface area contributed by atoms with Crippen molar-refractivity contribution >= 4 is 75.4 Å². The van der Waals surface area contributed by atoms with E-state index in [0.717, 1.165) is 11.3 Å². The molecular formula is C32H32N4O11S3. The average Bonchev–Trinajstić information content (AvgIpc) is 3.81. The number of nitrogens with zero attached hydrogens (tertiary/aromatic N) is 3. The standard InChI is InChI=1S/C32H32N4O11S3/c1-4-12-45-29(40)22-10-11-23(49-22)33-26(38)21-14-20(15-34(21)32(42)47-16-18-6-8-19(9-7-18)36(43)44)48-31-25(30(41)46-13-5-2)35-27(39)24(17(3)37)28(35)50-31/h4-11,17,20-21,24,28,37H,1-2,12-16H2,3H3,(H,33,38)/t17?,20-,21-,24-,28+/m0/s1. The topological polar surface area (TPSA) is 195 Å². The third kappa shape index (κ3) is 7.88. The van der Waals surface area contributed by atoms with Gasteiger partial charge in [0, 0.05) is 23.9 Å². The summed E-state index contributed by atoms with van der Waals surface area (Å²) in [5, 5.41) is 23.3. The number of nitro benzene ring substituents is 1. The lowest BCUT2D eigenvalue weighted by atomic mass is 9.92. The number of likely N-dealkylation sites (tertiary alicyclic amines) is 1. The van der Waals surface area contributed by atoms with E-state index in [1.54, 1.807) is 0 Å². The van der Waals surface area contributed by atoms with Gasteiger partial charge in [-0.3, -0.25) is 29.5 Å². The zero-order chi connectivity index (χ0) is 36.1. The predicted molar refractivity (Wildman–Crippen MR) is 185 cm³/mol. The quantitative estimate of drug-likeness (QED) is 0.0696. The predicted octanol–water partition coefficient (Wildman–Crippen LogP) is 4.26. The van der Waals surface area contributed by atoms with Crippen LogP contribution in [0.1, 0.15) is 28.6 Å². The Bertz CT molecular complexity index is 1740. The second-order valence-electron chi connectivity index (χ2n) is 11.2. The first kappa shape index (κ1) is 36.6. The lowest BCUT2D eigenvalue weighted by Crippen LogP contribution is -2.60. The van der Waals surface area contributed by atoms with Crippen molar-refractivity contribution in [2.45, 2.75) is 42.7 Å². The van der Waals surface area contributed by atoms with Crippen LogP contribution in [0.4, 0.5) is 15.5 Å². The lowest BCUT2D eigenvalue weighted by molar-refractivity contribution is -0.384. The van der Waals surface area contributed by atoms with Crippen LogP contribution in [0.25, 0.3) is 0 Å². The van der Waals surface area contributed by atoms with Crippen molar-refractivity contribution in [2.24, 2.45) is 5.92 Å². The number of amides is 3. The number of thioether (sulfide) groups is 2. The zero-order valence-electron chi connectivity index (χ0n) is 26.6. The van der Waals surface area contributed by atoms with Gasteiger partial charge in [0.25, 0.3) is 5.69 Å². The molecule has 5 rings (SSSR count). The van der Waals surface area contributed by atoms with Gasteiger partial charge >= 0.3 is 18.0 Å². The molecule has 0 aliphatic carbocycles. The number of carbonyl (C=O) groups is 5. The molecule has 1 aromatic heterocycles. The Kier molecular flexibility index (Phi) is 11.7. The molecule has 18 heteroatoms. The highest BCUT2D eigenvalue weighted by Gasteiger charge is 2.58. The minimum atomic E-state index is -1.04. The molecule has 2 fully saturated rings. The molecule has 3 aliphatic heterocycles. The number of non-ortho nitro benzene ring substituents is 1. The Hall–Kier alpha value is -4.65. The minimum Gasteiger partial charge on any atom is -0.457 e. The molecule has 0 saturated carbocycles. The number of esters is 2. The molecule has 4 heterocycles. The highest BCUT2D eigenvalue weighted by atomic mass is 32.2. The van der Waals surface area contributed by atoms with E-state index in [1.807, 2.05) is 0 Å². The van der Waals surface area contributed by atoms with E-state index in [2.05, 4.69) is 18.5 Å². The van der Waals surface area contributed by atoms with E-state index in [9.17, 15) is 39.2 Å². The fraction of sp³-hybridized carbons (Fsp3) is 0.344. The van der Waals surface area contributed by atoms with Crippen LogP contribution in [0, 0.1) is 16.0 Å². The molecule has 0 spiro atoms. The van der Waals surface area contributed by atoms with Crippen molar-refractivity contribution in [2.75, 3.05) is 25.1 Å². The molecule has 2 aromatic rings. The SMILES string of the molecule is C=CCOC(=O)C1=C(S[C@H]2C[C@@H](C(=O)Nc3ccc(C(=O)OCC=C)s3)N(C(=O)OCc3ccc([N+](=O)[O-])cc3)C2)S[C@@H]2[C@@H](C(C)O)C(=O)N12. The maximum atomic E-state index is 13.7. The van der Waals surface area contributed by atoms with Crippen molar-refractivity contribution in [3.05, 3.63) is 92.2 Å².